The molecule has 2 aromatic heterocycles. The van der Waals surface area contributed by atoms with E-state index in [-0.39, 0.29) is 17.3 Å². The maximum Gasteiger partial charge on any atom is 0.263 e. The van der Waals surface area contributed by atoms with Crippen LogP contribution >= 0.6 is 0 Å². The quantitative estimate of drug-likeness (QED) is 0.226. The number of aromatic nitrogens is 1. The van der Waals surface area contributed by atoms with Crippen LogP contribution < -0.4 is 5.56 Å². The molecule has 3 heteroatoms. The molecule has 166 valence electrons. The first kappa shape index (κ1) is 18.6. The van der Waals surface area contributed by atoms with Gasteiger partial charge in [-0.15, -0.1) is 0 Å². The number of Topliss-reactive ketones (excluding diaryl/α,β-unsaturated/α-hetero) is 1. The highest BCUT2D eigenvalue weighted by molar-refractivity contribution is 6.25. The lowest BCUT2D eigenvalue weighted by molar-refractivity contribution is 0.0974. The normalized spacial score (nSPS) is 15.7. The van der Waals surface area contributed by atoms with Crippen molar-refractivity contribution in [3.8, 4) is 22.3 Å². The minimum absolute atomic E-state index is 0.0132. The zero-order valence-corrected chi connectivity index (χ0v) is 19.1. The van der Waals surface area contributed by atoms with Gasteiger partial charge in [-0.3, -0.25) is 14.0 Å². The topological polar surface area (TPSA) is 38.5 Å². The Morgan fingerprint density at radius 1 is 0.500 bits per heavy atom. The third-order valence-corrected chi connectivity index (χ3v) is 8.36. The van der Waals surface area contributed by atoms with Crippen LogP contribution in [0.1, 0.15) is 27.4 Å². The number of hydrogen-bond acceptors (Lipinski definition) is 2. The molecule has 0 radical (unpaired) electrons. The van der Waals surface area contributed by atoms with Crippen LogP contribution in [0.5, 0.6) is 0 Å². The summed E-state index contributed by atoms with van der Waals surface area (Å²) in [6.45, 7) is 0. The van der Waals surface area contributed by atoms with Crippen LogP contribution in [0.15, 0.2) is 102 Å². The number of ketones is 1. The predicted molar refractivity (Wildman–Crippen MR) is 144 cm³/mol. The smallest absolute Gasteiger partial charge is 0.263 e. The van der Waals surface area contributed by atoms with Crippen molar-refractivity contribution in [2.45, 2.75) is 5.92 Å². The summed E-state index contributed by atoms with van der Waals surface area (Å²) in [5, 5.41) is 4.79. The first-order valence-corrected chi connectivity index (χ1v) is 12.2. The van der Waals surface area contributed by atoms with Crippen molar-refractivity contribution in [2.24, 2.45) is 0 Å². The van der Waals surface area contributed by atoms with E-state index in [1.165, 1.54) is 0 Å². The van der Waals surface area contributed by atoms with Gasteiger partial charge in [-0.2, -0.15) is 0 Å². The molecule has 9 rings (SSSR count). The number of para-hydroxylation sites is 1. The van der Waals surface area contributed by atoms with Gasteiger partial charge < -0.3 is 0 Å². The van der Waals surface area contributed by atoms with E-state index in [0.29, 0.717) is 5.39 Å². The molecule has 0 saturated carbocycles. The summed E-state index contributed by atoms with van der Waals surface area (Å²) < 4.78 is 1.87. The highest BCUT2D eigenvalue weighted by Gasteiger charge is 2.42. The minimum atomic E-state index is -0.370. The van der Waals surface area contributed by atoms with E-state index in [2.05, 4.69) is 48.5 Å². The molecule has 0 saturated heterocycles. The zero-order chi connectivity index (χ0) is 23.7. The Labute approximate surface area is 205 Å². The van der Waals surface area contributed by atoms with Gasteiger partial charge in [-0.1, -0.05) is 84.9 Å². The van der Waals surface area contributed by atoms with Gasteiger partial charge in [0.1, 0.15) is 0 Å². The summed E-state index contributed by atoms with van der Waals surface area (Å²) in [6, 6.07) is 32.6. The van der Waals surface area contributed by atoms with Gasteiger partial charge in [0.2, 0.25) is 0 Å². The molecule has 3 nitrogen and oxygen atoms in total. The molecule has 0 fully saturated rings. The first-order valence-electron chi connectivity index (χ1n) is 12.2. The number of carbonyl (C=O) groups is 1. The fraction of sp³-hybridized carbons (Fsp3) is 0.0303. The van der Waals surface area contributed by atoms with Crippen molar-refractivity contribution in [3.63, 3.8) is 0 Å². The summed E-state index contributed by atoms with van der Waals surface area (Å²) in [5.74, 6) is -0.232. The summed E-state index contributed by atoms with van der Waals surface area (Å²) in [4.78, 5) is 27.9. The molecule has 1 atom stereocenters. The number of hydrogen-bond donors (Lipinski definition) is 0. The SMILES string of the molecule is O=C1c2ccccc2-c2cccc3c2C1c1c-3ccc2c1c1cccc3c4ccccc4c(=O)n2c31. The molecule has 0 bridgehead atoms. The van der Waals surface area contributed by atoms with Crippen LogP contribution in [0.25, 0.3) is 60.2 Å². The van der Waals surface area contributed by atoms with Gasteiger partial charge in [0.15, 0.2) is 5.78 Å². The summed E-state index contributed by atoms with van der Waals surface area (Å²) >= 11 is 0. The summed E-state index contributed by atoms with van der Waals surface area (Å²) in [5.41, 5.74) is 9.07. The number of benzene rings is 5. The lowest BCUT2D eigenvalue weighted by Gasteiger charge is -2.24. The minimum Gasteiger partial charge on any atom is -0.293 e. The second-order valence-corrected chi connectivity index (χ2v) is 9.92. The molecule has 2 heterocycles. The molecule has 0 N–H and O–H groups in total. The molecule has 0 spiro atoms. The second kappa shape index (κ2) is 6.07. The lowest BCUT2D eigenvalue weighted by Crippen LogP contribution is -2.18. The number of pyridine rings is 1. The monoisotopic (exact) mass is 459 g/mol. The van der Waals surface area contributed by atoms with Crippen molar-refractivity contribution in [1.29, 1.82) is 0 Å². The fourth-order valence-corrected chi connectivity index (χ4v) is 7.01. The van der Waals surface area contributed by atoms with E-state index >= 15 is 0 Å². The Kier molecular flexibility index (Phi) is 3.13. The molecule has 7 aromatic rings. The fourth-order valence-electron chi connectivity index (χ4n) is 7.01. The number of nitrogens with zero attached hydrogens (tertiary/aromatic N) is 1. The van der Waals surface area contributed by atoms with Crippen LogP contribution in [0.2, 0.25) is 0 Å². The van der Waals surface area contributed by atoms with Crippen molar-refractivity contribution in [2.75, 3.05) is 0 Å². The zero-order valence-electron chi connectivity index (χ0n) is 19.1. The van der Waals surface area contributed by atoms with E-state index in [9.17, 15) is 9.59 Å². The van der Waals surface area contributed by atoms with E-state index < -0.39 is 0 Å². The van der Waals surface area contributed by atoms with E-state index in [0.717, 1.165) is 71.5 Å². The molecular formula is C33H17NO2. The van der Waals surface area contributed by atoms with E-state index in [1.54, 1.807) is 0 Å². The number of rotatable bonds is 0. The van der Waals surface area contributed by atoms with Gasteiger partial charge in [0, 0.05) is 27.1 Å². The lowest BCUT2D eigenvalue weighted by atomic mass is 9.76. The van der Waals surface area contributed by atoms with Crippen LogP contribution in [0.4, 0.5) is 0 Å². The molecule has 2 aliphatic carbocycles. The van der Waals surface area contributed by atoms with Gasteiger partial charge in [-0.25, -0.2) is 0 Å². The van der Waals surface area contributed by atoms with Crippen molar-refractivity contribution >= 4 is 43.7 Å². The molecule has 5 aromatic carbocycles. The molecular weight excluding hydrogens is 442 g/mol. The van der Waals surface area contributed by atoms with Crippen molar-refractivity contribution < 1.29 is 4.79 Å². The number of carbonyl (C=O) groups excluding carboxylic acids is 1. The highest BCUT2D eigenvalue weighted by Crippen LogP contribution is 2.56. The molecule has 36 heavy (non-hydrogen) atoms. The van der Waals surface area contributed by atoms with Crippen LogP contribution in [-0.4, -0.2) is 10.2 Å². The molecule has 0 aliphatic heterocycles. The Morgan fingerprint density at radius 2 is 1.11 bits per heavy atom. The van der Waals surface area contributed by atoms with Crippen molar-refractivity contribution in [1.82, 2.24) is 4.40 Å². The Hall–Kier alpha value is -4.76. The largest absolute Gasteiger partial charge is 0.293 e. The third kappa shape index (κ3) is 1.92. The van der Waals surface area contributed by atoms with Gasteiger partial charge in [0.25, 0.3) is 5.56 Å². The van der Waals surface area contributed by atoms with Crippen LogP contribution in [-0.2, 0) is 0 Å². The summed E-state index contributed by atoms with van der Waals surface area (Å²) in [6.07, 6.45) is 0. The van der Waals surface area contributed by atoms with Crippen LogP contribution in [0.3, 0.4) is 0 Å². The van der Waals surface area contributed by atoms with E-state index in [1.807, 2.05) is 52.9 Å². The highest BCUT2D eigenvalue weighted by atomic mass is 16.1. The third-order valence-electron chi connectivity index (χ3n) is 8.36. The van der Waals surface area contributed by atoms with Gasteiger partial charge in [-0.05, 0) is 50.9 Å². The Morgan fingerprint density at radius 3 is 1.97 bits per heavy atom. The maximum atomic E-state index is 14.1. The second-order valence-electron chi connectivity index (χ2n) is 9.92. The van der Waals surface area contributed by atoms with Gasteiger partial charge >= 0.3 is 0 Å². The van der Waals surface area contributed by atoms with E-state index in [4.69, 9.17) is 0 Å². The molecule has 0 amide bonds. The average Bonchev–Trinajstić information content (AvgIpc) is 3.45. The number of fused-ring (bicyclic) bond motifs is 11. The predicted octanol–water partition coefficient (Wildman–Crippen LogP) is 7.17. The first-order chi connectivity index (χ1) is 17.7. The standard InChI is InChI=1S/C33H17NO2/c35-32-23-9-3-1-7-17(23)19-11-5-12-20-21-15-16-26-28(29(21)30(32)27(19)20)25-14-6-13-22-18-8-2-4-10-24(18)33(36)34(26)31(22)25/h1-16,30H. The van der Waals surface area contributed by atoms with Crippen LogP contribution in [0, 0.1) is 0 Å². The Bertz CT molecular complexity index is 2200. The summed E-state index contributed by atoms with van der Waals surface area (Å²) in [7, 11) is 0. The molecule has 2 aliphatic rings. The Balaban J connectivity index is 1.52. The maximum absolute atomic E-state index is 14.1. The van der Waals surface area contributed by atoms with Gasteiger partial charge in [0.05, 0.1) is 17.0 Å². The van der Waals surface area contributed by atoms with Crippen molar-refractivity contribution in [3.05, 3.63) is 124 Å². The average molecular weight is 460 g/mol. The molecule has 1 unspecified atom stereocenters.